The van der Waals surface area contributed by atoms with Crippen molar-refractivity contribution in [3.8, 4) is 5.88 Å². The summed E-state index contributed by atoms with van der Waals surface area (Å²) in [6.45, 7) is 5.86. The third kappa shape index (κ3) is 4.81. The summed E-state index contributed by atoms with van der Waals surface area (Å²) in [6, 6.07) is 9.10. The Morgan fingerprint density at radius 1 is 1.04 bits per heavy atom. The van der Waals surface area contributed by atoms with Crippen molar-refractivity contribution in [2.24, 2.45) is 0 Å². The zero-order chi connectivity index (χ0) is 18.9. The Labute approximate surface area is 153 Å². The number of aryl methyl sites for hydroxylation is 2. The van der Waals surface area contributed by atoms with Gasteiger partial charge in [-0.15, -0.1) is 0 Å². The van der Waals surface area contributed by atoms with Gasteiger partial charge in [0, 0.05) is 11.9 Å². The van der Waals surface area contributed by atoms with Crippen LogP contribution in [0.2, 0.25) is 0 Å². The molecule has 0 atom stereocenters. The number of aromatic nitrogens is 1. The Kier molecular flexibility index (Phi) is 7.14. The van der Waals surface area contributed by atoms with E-state index in [1.807, 2.05) is 32.0 Å². The van der Waals surface area contributed by atoms with Crippen LogP contribution in [0.1, 0.15) is 42.3 Å². The highest BCUT2D eigenvalue weighted by molar-refractivity contribution is 5.97. The molecule has 0 radical (unpaired) electrons. The normalized spacial score (nSPS) is 10.3. The summed E-state index contributed by atoms with van der Waals surface area (Å²) >= 11 is 0. The monoisotopic (exact) mass is 356 g/mol. The molecule has 0 aliphatic rings. The topological polar surface area (TPSA) is 77.5 Å². The molecule has 6 nitrogen and oxygen atoms in total. The number of carbonyl (C=O) groups is 2. The van der Waals surface area contributed by atoms with Crippen LogP contribution in [0.4, 0.5) is 5.69 Å². The van der Waals surface area contributed by atoms with Crippen LogP contribution in [0, 0.1) is 0 Å². The highest BCUT2D eigenvalue weighted by Gasteiger charge is 2.17. The number of hydrogen-bond donors (Lipinski definition) is 1. The number of pyridine rings is 1. The maximum atomic E-state index is 12.3. The molecule has 1 aromatic carbocycles. The minimum absolute atomic E-state index is 0.199. The lowest BCUT2D eigenvalue weighted by molar-refractivity contribution is -0.119. The zero-order valence-electron chi connectivity index (χ0n) is 15.4. The highest BCUT2D eigenvalue weighted by atomic mass is 16.5. The standard InChI is InChI=1S/C20H24N2O4/c1-4-14-9-7-10-15(5-2)18(14)22-17(23)13-26-20(24)16-11-8-12-21-19(16)25-6-3/h7-12H,4-6,13H2,1-3H3,(H,22,23). The second kappa shape index (κ2) is 9.56. The van der Waals surface area contributed by atoms with Gasteiger partial charge in [-0.1, -0.05) is 32.0 Å². The predicted octanol–water partition coefficient (Wildman–Crippen LogP) is 3.40. The van der Waals surface area contributed by atoms with E-state index in [1.165, 1.54) is 6.20 Å². The smallest absolute Gasteiger partial charge is 0.344 e. The zero-order valence-corrected chi connectivity index (χ0v) is 15.4. The maximum absolute atomic E-state index is 12.3. The number of nitrogens with one attached hydrogen (secondary N) is 1. The molecule has 0 saturated heterocycles. The van der Waals surface area contributed by atoms with Crippen LogP contribution in [-0.2, 0) is 22.4 Å². The van der Waals surface area contributed by atoms with Crippen molar-refractivity contribution < 1.29 is 19.1 Å². The molecule has 1 amide bonds. The van der Waals surface area contributed by atoms with E-state index in [9.17, 15) is 9.59 Å². The van der Waals surface area contributed by atoms with E-state index in [4.69, 9.17) is 9.47 Å². The Hall–Kier alpha value is -2.89. The number of rotatable bonds is 8. The van der Waals surface area contributed by atoms with Gasteiger partial charge in [-0.3, -0.25) is 4.79 Å². The molecule has 0 bridgehead atoms. The fourth-order valence-electron chi connectivity index (χ4n) is 2.59. The minimum atomic E-state index is -0.642. The molecule has 26 heavy (non-hydrogen) atoms. The van der Waals surface area contributed by atoms with Gasteiger partial charge in [0.1, 0.15) is 5.56 Å². The van der Waals surface area contributed by atoms with E-state index in [-0.39, 0.29) is 24.0 Å². The number of ether oxygens (including phenoxy) is 2. The van der Waals surface area contributed by atoms with Crippen LogP contribution in [0.25, 0.3) is 0 Å². The number of para-hydroxylation sites is 1. The third-order valence-electron chi connectivity index (χ3n) is 3.87. The molecule has 0 spiro atoms. The number of amides is 1. The molecule has 1 N–H and O–H groups in total. The second-order valence-electron chi connectivity index (χ2n) is 5.57. The van der Waals surface area contributed by atoms with E-state index < -0.39 is 5.97 Å². The van der Waals surface area contributed by atoms with Crippen LogP contribution in [0.5, 0.6) is 5.88 Å². The average Bonchev–Trinajstić information content (AvgIpc) is 2.67. The van der Waals surface area contributed by atoms with Gasteiger partial charge in [-0.25, -0.2) is 9.78 Å². The van der Waals surface area contributed by atoms with E-state index in [0.29, 0.717) is 6.61 Å². The molecule has 1 heterocycles. The van der Waals surface area contributed by atoms with Crippen molar-refractivity contribution in [1.29, 1.82) is 0 Å². The first-order valence-electron chi connectivity index (χ1n) is 8.76. The molecule has 2 aromatic rings. The quantitative estimate of drug-likeness (QED) is 0.734. The fourth-order valence-corrected chi connectivity index (χ4v) is 2.59. The van der Waals surface area contributed by atoms with Crippen molar-refractivity contribution in [3.63, 3.8) is 0 Å². The Bertz CT molecular complexity index is 752. The number of anilines is 1. The highest BCUT2D eigenvalue weighted by Crippen LogP contribution is 2.22. The first kappa shape index (κ1) is 19.4. The first-order chi connectivity index (χ1) is 12.6. The molecule has 138 valence electrons. The number of nitrogens with zero attached hydrogens (tertiary/aromatic N) is 1. The van der Waals surface area contributed by atoms with E-state index in [0.717, 1.165) is 29.7 Å². The number of benzene rings is 1. The Morgan fingerprint density at radius 3 is 2.35 bits per heavy atom. The summed E-state index contributed by atoms with van der Waals surface area (Å²) in [6.07, 6.45) is 3.13. The number of carbonyl (C=O) groups excluding carboxylic acids is 2. The fraction of sp³-hybridized carbons (Fsp3) is 0.350. The summed E-state index contributed by atoms with van der Waals surface area (Å²) in [5, 5.41) is 2.86. The van der Waals surface area contributed by atoms with Crippen LogP contribution in [0.15, 0.2) is 36.5 Å². The van der Waals surface area contributed by atoms with Crippen molar-refractivity contribution in [1.82, 2.24) is 4.98 Å². The van der Waals surface area contributed by atoms with Crippen molar-refractivity contribution >= 4 is 17.6 Å². The summed E-state index contributed by atoms with van der Waals surface area (Å²) in [5.74, 6) is -0.822. The largest absolute Gasteiger partial charge is 0.477 e. The van der Waals surface area contributed by atoms with Crippen molar-refractivity contribution in [3.05, 3.63) is 53.2 Å². The molecule has 0 unspecified atom stereocenters. The molecular formula is C20H24N2O4. The van der Waals surface area contributed by atoms with Gasteiger partial charge in [0.05, 0.1) is 6.61 Å². The van der Waals surface area contributed by atoms with Gasteiger partial charge in [-0.05, 0) is 43.0 Å². The van der Waals surface area contributed by atoms with Gasteiger partial charge in [0.25, 0.3) is 5.91 Å². The maximum Gasteiger partial charge on any atom is 0.344 e. The average molecular weight is 356 g/mol. The van der Waals surface area contributed by atoms with Gasteiger partial charge in [0.15, 0.2) is 6.61 Å². The van der Waals surface area contributed by atoms with Crippen molar-refractivity contribution in [2.45, 2.75) is 33.6 Å². The molecule has 6 heteroatoms. The lowest BCUT2D eigenvalue weighted by Crippen LogP contribution is -2.22. The summed E-state index contributed by atoms with van der Waals surface area (Å²) in [7, 11) is 0. The predicted molar refractivity (Wildman–Crippen MR) is 99.5 cm³/mol. The lowest BCUT2D eigenvalue weighted by Gasteiger charge is -2.14. The van der Waals surface area contributed by atoms with E-state index in [2.05, 4.69) is 10.3 Å². The van der Waals surface area contributed by atoms with E-state index >= 15 is 0 Å². The van der Waals surface area contributed by atoms with Gasteiger partial charge >= 0.3 is 5.97 Å². The van der Waals surface area contributed by atoms with Gasteiger partial charge in [0.2, 0.25) is 5.88 Å². The molecular weight excluding hydrogens is 332 g/mol. The molecule has 0 aliphatic heterocycles. The van der Waals surface area contributed by atoms with Crippen LogP contribution < -0.4 is 10.1 Å². The van der Waals surface area contributed by atoms with Gasteiger partial charge < -0.3 is 14.8 Å². The Morgan fingerprint density at radius 2 is 1.73 bits per heavy atom. The van der Waals surface area contributed by atoms with Crippen molar-refractivity contribution in [2.75, 3.05) is 18.5 Å². The van der Waals surface area contributed by atoms with Crippen LogP contribution >= 0.6 is 0 Å². The third-order valence-corrected chi connectivity index (χ3v) is 3.87. The SMILES string of the molecule is CCOc1ncccc1C(=O)OCC(=O)Nc1c(CC)cccc1CC. The summed E-state index contributed by atoms with van der Waals surface area (Å²) in [5.41, 5.74) is 3.10. The Balaban J connectivity index is 2.03. The number of hydrogen-bond acceptors (Lipinski definition) is 5. The van der Waals surface area contributed by atoms with Crippen LogP contribution in [-0.4, -0.2) is 30.1 Å². The molecule has 0 aliphatic carbocycles. The minimum Gasteiger partial charge on any atom is -0.477 e. The summed E-state index contributed by atoms with van der Waals surface area (Å²) in [4.78, 5) is 28.5. The molecule has 0 saturated carbocycles. The molecule has 2 rings (SSSR count). The lowest BCUT2D eigenvalue weighted by atomic mass is 10.0. The summed E-state index contributed by atoms with van der Waals surface area (Å²) < 4.78 is 10.4. The molecule has 0 fully saturated rings. The second-order valence-corrected chi connectivity index (χ2v) is 5.57. The van der Waals surface area contributed by atoms with Crippen LogP contribution in [0.3, 0.4) is 0 Å². The van der Waals surface area contributed by atoms with Gasteiger partial charge in [-0.2, -0.15) is 0 Å². The number of esters is 1. The van der Waals surface area contributed by atoms with E-state index in [1.54, 1.807) is 19.1 Å². The molecule has 1 aromatic heterocycles. The first-order valence-corrected chi connectivity index (χ1v) is 8.76.